The van der Waals surface area contributed by atoms with Gasteiger partial charge in [-0.05, 0) is 5.23 Å². The fraction of sp³-hybridized carbons (Fsp3) is 1.00. The van der Waals surface area contributed by atoms with Crippen molar-refractivity contribution in [2.24, 2.45) is 0 Å². The maximum atomic E-state index is 8.56. The minimum atomic E-state index is 0.438. The Morgan fingerprint density at radius 2 is 1.64 bits per heavy atom. The van der Waals surface area contributed by atoms with Gasteiger partial charge in [0, 0.05) is 21.1 Å². The van der Waals surface area contributed by atoms with E-state index in [0.717, 1.165) is 0 Å². The summed E-state index contributed by atoms with van der Waals surface area (Å²) in [6, 6.07) is 0. The minimum Gasteiger partial charge on any atom is -0.288 e. The van der Waals surface area contributed by atoms with Crippen molar-refractivity contribution in [1.29, 1.82) is 0 Å². The van der Waals surface area contributed by atoms with E-state index in [1.807, 2.05) is 0 Å². The summed E-state index contributed by atoms with van der Waals surface area (Å²) in [5.74, 6) is 0. The van der Waals surface area contributed by atoms with E-state index >= 15 is 0 Å². The quantitative estimate of drug-likeness (QED) is 0.550. The molecule has 11 heavy (non-hydrogen) atoms. The molecule has 0 spiro atoms. The van der Waals surface area contributed by atoms with Gasteiger partial charge < -0.3 is 0 Å². The smallest absolute Gasteiger partial charge is 0.115 e. The second-order valence-electron chi connectivity index (χ2n) is 1.85. The second kappa shape index (κ2) is 5.38. The van der Waals surface area contributed by atoms with Crippen molar-refractivity contribution in [1.82, 2.24) is 15.7 Å². The number of hydrogen-bond donors (Lipinski definition) is 1. The van der Waals surface area contributed by atoms with E-state index in [9.17, 15) is 0 Å². The molecule has 0 radical (unpaired) electrons. The van der Waals surface area contributed by atoms with Gasteiger partial charge in [-0.25, -0.2) is 0 Å². The molecule has 68 valence electrons. The Hall–Kier alpha value is -0.280. The van der Waals surface area contributed by atoms with Crippen molar-refractivity contribution in [3.63, 3.8) is 0 Å². The zero-order chi connectivity index (χ0) is 8.85. The lowest BCUT2D eigenvalue weighted by Gasteiger charge is -2.21. The molecular weight excluding hydrogens is 154 g/mol. The van der Waals surface area contributed by atoms with Gasteiger partial charge in [-0.3, -0.25) is 10.0 Å². The van der Waals surface area contributed by atoms with Gasteiger partial charge in [-0.2, -0.15) is 10.0 Å². The van der Waals surface area contributed by atoms with Crippen LogP contribution in [-0.4, -0.2) is 49.1 Å². The standard InChI is InChI=1S/C4H13N3O4/c1-5(2)10-7(9-4)11-6(3)8/h8H,1-4H3. The van der Waals surface area contributed by atoms with E-state index < -0.39 is 0 Å². The van der Waals surface area contributed by atoms with Crippen molar-refractivity contribution in [3.8, 4) is 0 Å². The molecule has 0 aliphatic heterocycles. The summed E-state index contributed by atoms with van der Waals surface area (Å²) >= 11 is 0. The third kappa shape index (κ3) is 6.13. The molecule has 0 rings (SSSR count). The molecule has 0 aromatic carbocycles. The van der Waals surface area contributed by atoms with Crippen LogP contribution in [0.2, 0.25) is 0 Å². The Kier molecular flexibility index (Phi) is 5.24. The molecule has 0 fully saturated rings. The maximum absolute atomic E-state index is 8.56. The number of hydrogen-bond acceptors (Lipinski definition) is 7. The van der Waals surface area contributed by atoms with Crippen LogP contribution in [0.25, 0.3) is 0 Å². The summed E-state index contributed by atoms with van der Waals surface area (Å²) in [5.41, 5.74) is 0. The Labute approximate surface area is 65.0 Å². The van der Waals surface area contributed by atoms with E-state index in [2.05, 4.69) is 9.78 Å². The average Bonchev–Trinajstić information content (AvgIpc) is 1.84. The Bertz CT molecular complexity index is 89.3. The lowest BCUT2D eigenvalue weighted by Crippen LogP contribution is -2.34. The fourth-order valence-electron chi connectivity index (χ4n) is 0.311. The van der Waals surface area contributed by atoms with Crippen molar-refractivity contribution in [3.05, 3.63) is 0 Å². The minimum absolute atomic E-state index is 0.438. The lowest BCUT2D eigenvalue weighted by atomic mass is 11.2. The summed E-state index contributed by atoms with van der Waals surface area (Å²) in [7, 11) is 5.86. The van der Waals surface area contributed by atoms with Crippen molar-refractivity contribution in [2.45, 2.75) is 0 Å². The van der Waals surface area contributed by atoms with E-state index in [0.29, 0.717) is 10.6 Å². The molecule has 0 aliphatic rings. The van der Waals surface area contributed by atoms with Crippen LogP contribution in [0.4, 0.5) is 0 Å². The molecule has 0 aromatic heterocycles. The first-order valence-corrected chi connectivity index (χ1v) is 2.86. The summed E-state index contributed by atoms with van der Waals surface area (Å²) in [4.78, 5) is 13.7. The molecule has 0 bridgehead atoms. The van der Waals surface area contributed by atoms with Crippen LogP contribution < -0.4 is 0 Å². The molecule has 0 amide bonds. The molecule has 0 aliphatic carbocycles. The van der Waals surface area contributed by atoms with Gasteiger partial charge in [0.2, 0.25) is 0 Å². The summed E-state index contributed by atoms with van der Waals surface area (Å²) in [5, 5.41) is 10.9. The first kappa shape index (κ1) is 10.7. The third-order valence-electron chi connectivity index (χ3n) is 0.564. The zero-order valence-electron chi connectivity index (χ0n) is 7.01. The van der Waals surface area contributed by atoms with Gasteiger partial charge in [-0.1, -0.05) is 0 Å². The van der Waals surface area contributed by atoms with Gasteiger partial charge in [0.25, 0.3) is 0 Å². The monoisotopic (exact) mass is 167 g/mol. The molecule has 0 saturated carbocycles. The number of rotatable bonds is 5. The Morgan fingerprint density at radius 3 is 1.91 bits per heavy atom. The van der Waals surface area contributed by atoms with Gasteiger partial charge in [0.05, 0.1) is 7.11 Å². The fourth-order valence-corrected chi connectivity index (χ4v) is 0.311. The zero-order valence-corrected chi connectivity index (χ0v) is 7.01. The van der Waals surface area contributed by atoms with E-state index in [1.54, 1.807) is 14.1 Å². The Balaban J connectivity index is 3.58. The molecule has 0 atom stereocenters. The maximum Gasteiger partial charge on any atom is 0.115 e. The van der Waals surface area contributed by atoms with Crippen LogP contribution in [0.1, 0.15) is 0 Å². The highest BCUT2D eigenvalue weighted by Gasteiger charge is 2.08. The molecule has 7 heteroatoms. The average molecular weight is 167 g/mol. The molecular formula is C4H13N3O4. The highest BCUT2D eigenvalue weighted by molar-refractivity contribution is 3.98. The predicted octanol–water partition coefficient (Wildman–Crippen LogP) is -0.574. The third-order valence-corrected chi connectivity index (χ3v) is 0.564. The Morgan fingerprint density at radius 1 is 1.09 bits per heavy atom. The molecule has 1 N–H and O–H groups in total. The molecule has 7 nitrogen and oxygen atoms in total. The van der Waals surface area contributed by atoms with Crippen LogP contribution in [0.5, 0.6) is 0 Å². The lowest BCUT2D eigenvalue weighted by molar-refractivity contribution is -0.639. The van der Waals surface area contributed by atoms with Crippen LogP contribution in [0.3, 0.4) is 0 Å². The summed E-state index contributed by atoms with van der Waals surface area (Å²) in [6.45, 7) is 0. The summed E-state index contributed by atoms with van der Waals surface area (Å²) in [6.07, 6.45) is 0. The van der Waals surface area contributed by atoms with Gasteiger partial charge >= 0.3 is 0 Å². The highest BCUT2D eigenvalue weighted by atomic mass is 17.3. The molecule has 0 heterocycles. The van der Waals surface area contributed by atoms with Gasteiger partial charge in [-0.15, -0.1) is 4.94 Å². The van der Waals surface area contributed by atoms with Crippen molar-refractivity contribution < 1.29 is 19.9 Å². The van der Waals surface area contributed by atoms with Crippen LogP contribution >= 0.6 is 0 Å². The van der Waals surface area contributed by atoms with Crippen LogP contribution in [0, 0.1) is 0 Å². The highest BCUT2D eigenvalue weighted by Crippen LogP contribution is 1.94. The predicted molar refractivity (Wildman–Crippen MR) is 34.3 cm³/mol. The SMILES string of the molecule is CON(ON(C)C)ON(C)O. The van der Waals surface area contributed by atoms with Crippen molar-refractivity contribution >= 4 is 0 Å². The molecule has 0 unspecified atom stereocenters. The van der Waals surface area contributed by atoms with E-state index in [-0.39, 0.29) is 0 Å². The topological polar surface area (TPSA) is 57.6 Å². The first-order chi connectivity index (χ1) is 5.06. The van der Waals surface area contributed by atoms with Gasteiger partial charge in [0.15, 0.2) is 0 Å². The normalized spacial score (nSPS) is 12.0. The largest absolute Gasteiger partial charge is 0.288 e. The van der Waals surface area contributed by atoms with E-state index in [4.69, 9.17) is 10.1 Å². The van der Waals surface area contributed by atoms with Crippen LogP contribution in [0.15, 0.2) is 0 Å². The molecule has 0 aromatic rings. The first-order valence-electron chi connectivity index (χ1n) is 2.86. The molecule has 0 saturated heterocycles. The van der Waals surface area contributed by atoms with E-state index in [1.165, 1.54) is 19.2 Å². The van der Waals surface area contributed by atoms with Gasteiger partial charge in [0.1, 0.15) is 5.39 Å². The number of nitrogens with zero attached hydrogens (tertiary/aromatic N) is 3. The number of hydroxylamine groups is 4. The van der Waals surface area contributed by atoms with Crippen molar-refractivity contribution in [2.75, 3.05) is 28.3 Å². The van der Waals surface area contributed by atoms with Crippen LogP contribution in [-0.2, 0) is 14.7 Å². The summed E-state index contributed by atoms with van der Waals surface area (Å²) < 4.78 is 0. The second-order valence-corrected chi connectivity index (χ2v) is 1.85.